The second-order valence-electron chi connectivity index (χ2n) is 3.28. The van der Waals surface area contributed by atoms with Crippen LogP contribution in [0.3, 0.4) is 0 Å². The molecule has 1 rings (SSSR count). The Morgan fingerprint density at radius 3 is 2.92 bits per heavy atom. The van der Waals surface area contributed by atoms with Crippen molar-refractivity contribution in [3.63, 3.8) is 0 Å². The molecule has 0 amide bonds. The van der Waals surface area contributed by atoms with Gasteiger partial charge in [-0.2, -0.15) is 0 Å². The Bertz CT molecular complexity index is 238. The third kappa shape index (κ3) is 3.44. The fourth-order valence-electron chi connectivity index (χ4n) is 1.05. The second kappa shape index (κ2) is 5.35. The van der Waals surface area contributed by atoms with Gasteiger partial charge in [0.15, 0.2) is 0 Å². The van der Waals surface area contributed by atoms with Crippen LogP contribution in [0.4, 0.5) is 0 Å². The largest absolute Gasteiger partial charge is 0.299 e. The van der Waals surface area contributed by atoms with Gasteiger partial charge in [0.2, 0.25) is 0 Å². The summed E-state index contributed by atoms with van der Waals surface area (Å²) in [5, 5.41) is 1.00. The molecular weight excluding hydrogens is 228 g/mol. The summed E-state index contributed by atoms with van der Waals surface area (Å²) in [6.45, 7) is 3.16. The molecule has 1 heterocycles. The summed E-state index contributed by atoms with van der Waals surface area (Å²) in [5.74, 6) is 0. The molecule has 1 unspecified atom stereocenters. The minimum Gasteiger partial charge on any atom is -0.299 e. The molecule has 0 aromatic carbocycles. The number of hydrogen-bond acceptors (Lipinski definition) is 2. The first kappa shape index (κ1) is 10.7. The van der Waals surface area contributed by atoms with Crippen LogP contribution in [0.1, 0.15) is 12.5 Å². The number of alkyl halides is 1. The summed E-state index contributed by atoms with van der Waals surface area (Å²) in [6.07, 6.45) is 3.72. The molecule has 1 atom stereocenters. The number of pyridine rings is 1. The topological polar surface area (TPSA) is 16.1 Å². The lowest BCUT2D eigenvalue weighted by molar-refractivity contribution is 0.270. The van der Waals surface area contributed by atoms with Crippen LogP contribution in [0.5, 0.6) is 0 Å². The van der Waals surface area contributed by atoms with E-state index in [1.165, 1.54) is 5.56 Å². The molecule has 72 valence electrons. The monoisotopic (exact) mass is 242 g/mol. The molecule has 2 nitrogen and oxygen atoms in total. The van der Waals surface area contributed by atoms with Crippen LogP contribution in [-0.2, 0) is 6.54 Å². The van der Waals surface area contributed by atoms with E-state index in [4.69, 9.17) is 0 Å². The zero-order chi connectivity index (χ0) is 9.68. The molecule has 0 bridgehead atoms. The van der Waals surface area contributed by atoms with Crippen molar-refractivity contribution >= 4 is 15.9 Å². The lowest BCUT2D eigenvalue weighted by Gasteiger charge is -2.22. The van der Waals surface area contributed by atoms with Crippen molar-refractivity contribution in [2.24, 2.45) is 0 Å². The minimum atomic E-state index is 0.556. The number of halogens is 1. The van der Waals surface area contributed by atoms with Gasteiger partial charge in [0, 0.05) is 30.3 Å². The second-order valence-corrected chi connectivity index (χ2v) is 3.93. The molecule has 0 saturated heterocycles. The molecule has 3 heteroatoms. The predicted octanol–water partition coefficient (Wildman–Crippen LogP) is 2.30. The maximum absolute atomic E-state index is 4.08. The van der Waals surface area contributed by atoms with E-state index < -0.39 is 0 Å². The number of hydrogen-bond donors (Lipinski definition) is 0. The zero-order valence-electron chi connectivity index (χ0n) is 8.07. The molecule has 1 aromatic rings. The molecule has 0 radical (unpaired) electrons. The summed E-state index contributed by atoms with van der Waals surface area (Å²) < 4.78 is 0. The van der Waals surface area contributed by atoms with Crippen molar-refractivity contribution in [2.45, 2.75) is 19.5 Å². The Morgan fingerprint density at radius 1 is 1.62 bits per heavy atom. The van der Waals surface area contributed by atoms with Gasteiger partial charge in [-0.05, 0) is 25.6 Å². The quantitative estimate of drug-likeness (QED) is 0.754. The van der Waals surface area contributed by atoms with E-state index in [-0.39, 0.29) is 0 Å². The van der Waals surface area contributed by atoms with Crippen molar-refractivity contribution in [2.75, 3.05) is 12.4 Å². The maximum atomic E-state index is 4.08. The Balaban J connectivity index is 2.50. The number of aromatic nitrogens is 1. The van der Waals surface area contributed by atoms with E-state index in [0.717, 1.165) is 11.9 Å². The van der Waals surface area contributed by atoms with Gasteiger partial charge < -0.3 is 0 Å². The van der Waals surface area contributed by atoms with Crippen molar-refractivity contribution in [1.29, 1.82) is 0 Å². The van der Waals surface area contributed by atoms with Crippen LogP contribution >= 0.6 is 15.9 Å². The Labute approximate surface area is 88.1 Å². The fourth-order valence-corrected chi connectivity index (χ4v) is 1.55. The maximum Gasteiger partial charge on any atom is 0.0312 e. The van der Waals surface area contributed by atoms with Gasteiger partial charge in [-0.25, -0.2) is 0 Å². The average molecular weight is 243 g/mol. The highest BCUT2D eigenvalue weighted by atomic mass is 79.9. The van der Waals surface area contributed by atoms with E-state index in [1.54, 1.807) is 6.20 Å². The number of nitrogens with zero attached hydrogens (tertiary/aromatic N) is 2. The summed E-state index contributed by atoms with van der Waals surface area (Å²) in [5.41, 5.74) is 1.26. The third-order valence-electron chi connectivity index (χ3n) is 2.13. The predicted molar refractivity (Wildman–Crippen MR) is 59.0 cm³/mol. The van der Waals surface area contributed by atoms with Gasteiger partial charge in [0.1, 0.15) is 0 Å². The summed E-state index contributed by atoms with van der Waals surface area (Å²) in [6, 6.07) is 4.63. The molecule has 13 heavy (non-hydrogen) atoms. The van der Waals surface area contributed by atoms with Crippen LogP contribution in [0.25, 0.3) is 0 Å². The molecule has 0 aliphatic heterocycles. The van der Waals surface area contributed by atoms with E-state index in [9.17, 15) is 0 Å². The summed E-state index contributed by atoms with van der Waals surface area (Å²) in [7, 11) is 2.12. The van der Waals surface area contributed by atoms with Crippen LogP contribution in [-0.4, -0.2) is 28.3 Å². The van der Waals surface area contributed by atoms with E-state index in [1.807, 2.05) is 12.3 Å². The normalized spacial score (nSPS) is 13.2. The first-order chi connectivity index (χ1) is 6.24. The zero-order valence-corrected chi connectivity index (χ0v) is 9.66. The standard InChI is InChI=1S/C10H15BrN2/c1-9(6-11)13(2)8-10-4-3-5-12-7-10/h3-5,7,9H,6,8H2,1-2H3. The van der Waals surface area contributed by atoms with Crippen LogP contribution in [0, 0.1) is 0 Å². The van der Waals surface area contributed by atoms with Gasteiger partial charge >= 0.3 is 0 Å². The third-order valence-corrected chi connectivity index (χ3v) is 3.07. The van der Waals surface area contributed by atoms with Crippen molar-refractivity contribution in [3.05, 3.63) is 30.1 Å². The minimum absolute atomic E-state index is 0.556. The van der Waals surface area contributed by atoms with E-state index in [2.05, 4.69) is 45.9 Å². The van der Waals surface area contributed by atoms with Crippen LogP contribution in [0.2, 0.25) is 0 Å². The molecular formula is C10H15BrN2. The van der Waals surface area contributed by atoms with Crippen LogP contribution < -0.4 is 0 Å². The number of rotatable bonds is 4. The first-order valence-electron chi connectivity index (χ1n) is 4.39. The highest BCUT2D eigenvalue weighted by Crippen LogP contribution is 2.05. The molecule has 1 aromatic heterocycles. The van der Waals surface area contributed by atoms with E-state index in [0.29, 0.717) is 6.04 Å². The van der Waals surface area contributed by atoms with Crippen molar-refractivity contribution < 1.29 is 0 Å². The van der Waals surface area contributed by atoms with Gasteiger partial charge in [-0.1, -0.05) is 22.0 Å². The molecule has 0 spiro atoms. The highest BCUT2D eigenvalue weighted by Gasteiger charge is 2.07. The van der Waals surface area contributed by atoms with Gasteiger partial charge in [0.25, 0.3) is 0 Å². The Morgan fingerprint density at radius 2 is 2.38 bits per heavy atom. The lowest BCUT2D eigenvalue weighted by Crippen LogP contribution is -2.29. The summed E-state index contributed by atoms with van der Waals surface area (Å²) >= 11 is 3.47. The molecule has 0 fully saturated rings. The lowest BCUT2D eigenvalue weighted by atomic mass is 10.2. The van der Waals surface area contributed by atoms with E-state index >= 15 is 0 Å². The van der Waals surface area contributed by atoms with Gasteiger partial charge in [0.05, 0.1) is 0 Å². The fraction of sp³-hybridized carbons (Fsp3) is 0.500. The Kier molecular flexibility index (Phi) is 4.39. The average Bonchev–Trinajstić information content (AvgIpc) is 2.18. The molecule has 0 aliphatic rings. The summed E-state index contributed by atoms with van der Waals surface area (Å²) in [4.78, 5) is 6.38. The molecule has 0 saturated carbocycles. The molecule has 0 aliphatic carbocycles. The SMILES string of the molecule is CC(CBr)N(C)Cc1cccnc1. The van der Waals surface area contributed by atoms with Crippen molar-refractivity contribution in [1.82, 2.24) is 9.88 Å². The van der Waals surface area contributed by atoms with Crippen LogP contribution in [0.15, 0.2) is 24.5 Å². The van der Waals surface area contributed by atoms with Gasteiger partial charge in [-0.15, -0.1) is 0 Å². The van der Waals surface area contributed by atoms with Gasteiger partial charge in [-0.3, -0.25) is 9.88 Å². The van der Waals surface area contributed by atoms with Crippen molar-refractivity contribution in [3.8, 4) is 0 Å². The first-order valence-corrected chi connectivity index (χ1v) is 5.51. The smallest absolute Gasteiger partial charge is 0.0312 e. The molecule has 0 N–H and O–H groups in total. The Hall–Kier alpha value is -0.410. The highest BCUT2D eigenvalue weighted by molar-refractivity contribution is 9.09.